The lowest BCUT2D eigenvalue weighted by atomic mass is 9.94. The van der Waals surface area contributed by atoms with Gasteiger partial charge in [-0.1, -0.05) is 68.0 Å². The van der Waals surface area contributed by atoms with Crippen molar-refractivity contribution < 1.29 is 27.0 Å². The van der Waals surface area contributed by atoms with Gasteiger partial charge < -0.3 is 9.47 Å². The summed E-state index contributed by atoms with van der Waals surface area (Å²) in [5, 5.41) is 0. The fraction of sp³-hybridized carbons (Fsp3) is 0.286. The van der Waals surface area contributed by atoms with Gasteiger partial charge >= 0.3 is 0 Å². The minimum absolute atomic E-state index is 0.0854. The van der Waals surface area contributed by atoms with Gasteiger partial charge in [0.2, 0.25) is 0 Å². The second kappa shape index (κ2) is 10.5. The third kappa shape index (κ3) is 4.79. The molecule has 0 aliphatic carbocycles. The van der Waals surface area contributed by atoms with Crippen molar-refractivity contribution in [1.29, 1.82) is 0 Å². The summed E-state index contributed by atoms with van der Waals surface area (Å²) in [6.45, 7) is 4.18. The van der Waals surface area contributed by atoms with Gasteiger partial charge in [0.05, 0.1) is 13.2 Å². The Morgan fingerprint density at radius 2 is 1.32 bits per heavy atom. The largest absolute Gasteiger partial charge is 0.348 e. The van der Waals surface area contributed by atoms with Gasteiger partial charge in [0, 0.05) is 17.0 Å². The second-order valence-electron chi connectivity index (χ2n) is 8.32. The summed E-state index contributed by atoms with van der Waals surface area (Å²) in [4.78, 5) is 0. The molecule has 1 aliphatic rings. The van der Waals surface area contributed by atoms with Crippen LogP contribution >= 0.6 is 0 Å². The predicted molar refractivity (Wildman–Crippen MR) is 124 cm³/mol. The topological polar surface area (TPSA) is 18.5 Å². The first-order valence-corrected chi connectivity index (χ1v) is 11.4. The van der Waals surface area contributed by atoms with E-state index < -0.39 is 35.5 Å². The second-order valence-corrected chi connectivity index (χ2v) is 8.32. The zero-order chi connectivity index (χ0) is 24.2. The average Bonchev–Trinajstić information content (AvgIpc) is 2.85. The van der Waals surface area contributed by atoms with E-state index in [0.717, 1.165) is 0 Å². The highest BCUT2D eigenvalue weighted by molar-refractivity contribution is 5.71. The molecule has 178 valence electrons. The van der Waals surface area contributed by atoms with Crippen LogP contribution in [0.5, 0.6) is 0 Å². The Kier molecular flexibility index (Phi) is 7.49. The van der Waals surface area contributed by atoms with Crippen molar-refractivity contribution in [3.63, 3.8) is 0 Å². The molecule has 6 heteroatoms. The smallest absolute Gasteiger partial charge is 0.176 e. The van der Waals surface area contributed by atoms with Gasteiger partial charge in [0.15, 0.2) is 29.6 Å². The van der Waals surface area contributed by atoms with Crippen molar-refractivity contribution in [2.75, 3.05) is 13.2 Å². The lowest BCUT2D eigenvalue weighted by Gasteiger charge is -2.28. The highest BCUT2D eigenvalue weighted by Gasteiger charge is 2.26. The molecule has 0 bridgehead atoms. The summed E-state index contributed by atoms with van der Waals surface area (Å²) < 4.78 is 69.9. The van der Waals surface area contributed by atoms with Crippen LogP contribution < -0.4 is 0 Å². The Morgan fingerprint density at radius 1 is 0.765 bits per heavy atom. The molecular formula is C28H26F4O2. The number of hydrogen-bond donors (Lipinski definition) is 0. The van der Waals surface area contributed by atoms with Crippen molar-refractivity contribution in [2.24, 2.45) is 0 Å². The first-order valence-electron chi connectivity index (χ1n) is 11.4. The molecule has 2 nitrogen and oxygen atoms in total. The van der Waals surface area contributed by atoms with E-state index in [1.165, 1.54) is 12.1 Å². The van der Waals surface area contributed by atoms with Gasteiger partial charge in [-0.15, -0.1) is 0 Å². The van der Waals surface area contributed by atoms with Crippen molar-refractivity contribution in [2.45, 2.75) is 38.9 Å². The van der Waals surface area contributed by atoms with Crippen LogP contribution in [0, 0.1) is 23.3 Å². The lowest BCUT2D eigenvalue weighted by Crippen LogP contribution is -2.30. The lowest BCUT2D eigenvalue weighted by molar-refractivity contribution is -0.159. The fourth-order valence-corrected chi connectivity index (χ4v) is 4.17. The van der Waals surface area contributed by atoms with Gasteiger partial charge in [-0.2, -0.15) is 0 Å². The van der Waals surface area contributed by atoms with Gasteiger partial charge in [0.1, 0.15) is 0 Å². The van der Waals surface area contributed by atoms with Gasteiger partial charge in [0.25, 0.3) is 0 Å². The van der Waals surface area contributed by atoms with E-state index in [-0.39, 0.29) is 29.9 Å². The Morgan fingerprint density at radius 3 is 1.88 bits per heavy atom. The summed E-state index contributed by atoms with van der Waals surface area (Å²) in [5.41, 5.74) is 1.62. The Bertz CT molecular complexity index is 1180. The van der Waals surface area contributed by atoms with Crippen molar-refractivity contribution in [3.8, 4) is 22.3 Å². The highest BCUT2D eigenvalue weighted by Crippen LogP contribution is 2.33. The van der Waals surface area contributed by atoms with Crippen LogP contribution in [0.1, 0.15) is 37.3 Å². The van der Waals surface area contributed by atoms with E-state index in [0.29, 0.717) is 29.5 Å². The first-order chi connectivity index (χ1) is 16.4. The summed E-state index contributed by atoms with van der Waals surface area (Å²) in [5.74, 6) is -4.08. The molecule has 34 heavy (non-hydrogen) atoms. The number of rotatable bonds is 6. The third-order valence-corrected chi connectivity index (χ3v) is 6.01. The summed E-state index contributed by atoms with van der Waals surface area (Å²) >= 11 is 0. The number of benzene rings is 3. The molecule has 0 unspecified atom stereocenters. The van der Waals surface area contributed by atoms with Crippen molar-refractivity contribution in [1.82, 2.24) is 0 Å². The monoisotopic (exact) mass is 470 g/mol. The Balaban J connectivity index is 1.57. The molecule has 0 saturated carbocycles. The number of ether oxygens (including phenoxy) is 2. The molecule has 0 atom stereocenters. The van der Waals surface area contributed by atoms with Crippen LogP contribution in [0.25, 0.3) is 22.3 Å². The number of hydrogen-bond acceptors (Lipinski definition) is 2. The molecule has 1 saturated heterocycles. The number of halogens is 4. The highest BCUT2D eigenvalue weighted by atomic mass is 19.2. The van der Waals surface area contributed by atoms with Crippen LogP contribution in [-0.4, -0.2) is 19.5 Å². The maximum Gasteiger partial charge on any atom is 0.176 e. The first kappa shape index (κ1) is 24.2. The normalized spacial score (nSPS) is 18.5. The van der Waals surface area contributed by atoms with Crippen molar-refractivity contribution in [3.05, 3.63) is 95.1 Å². The zero-order valence-electron chi connectivity index (χ0n) is 19.1. The standard InChI is InChI=1S/C28H26F4O2/c1-3-5-19-11-12-21(26(30)25(19)29)17-7-9-18(10-8-17)22-13-14-23(28(32)27(22)31)20-15-33-24(6-4-2)34-16-20/h4,6-14,20,24H,3,5,15-16H2,1-2H3/b6-4+. The predicted octanol–water partition coefficient (Wildman–Crippen LogP) is 7.56. The molecule has 0 radical (unpaired) electrons. The van der Waals surface area contributed by atoms with E-state index in [9.17, 15) is 17.6 Å². The minimum Gasteiger partial charge on any atom is -0.348 e. The molecule has 1 fully saturated rings. The van der Waals surface area contributed by atoms with Gasteiger partial charge in [-0.3, -0.25) is 0 Å². The Labute approximate surface area is 196 Å². The molecule has 0 amide bonds. The van der Waals surface area contributed by atoms with Gasteiger partial charge in [-0.25, -0.2) is 17.6 Å². The van der Waals surface area contributed by atoms with Crippen LogP contribution in [-0.2, 0) is 15.9 Å². The number of aryl methyl sites for hydroxylation is 1. The maximum absolute atomic E-state index is 15.0. The van der Waals surface area contributed by atoms with Crippen LogP contribution in [0.2, 0.25) is 0 Å². The third-order valence-electron chi connectivity index (χ3n) is 6.01. The van der Waals surface area contributed by atoms with E-state index in [1.54, 1.807) is 48.6 Å². The van der Waals surface area contributed by atoms with E-state index in [2.05, 4.69) is 0 Å². The fourth-order valence-electron chi connectivity index (χ4n) is 4.17. The zero-order valence-corrected chi connectivity index (χ0v) is 19.1. The molecule has 0 aromatic heterocycles. The summed E-state index contributed by atoms with van der Waals surface area (Å²) in [7, 11) is 0. The van der Waals surface area contributed by atoms with Crippen molar-refractivity contribution >= 4 is 0 Å². The quantitative estimate of drug-likeness (QED) is 0.273. The molecule has 0 spiro atoms. The van der Waals surface area contributed by atoms with E-state index in [1.807, 2.05) is 13.8 Å². The average molecular weight is 471 g/mol. The Hall–Kier alpha value is -2.96. The maximum atomic E-state index is 15.0. The molecule has 1 heterocycles. The van der Waals surface area contributed by atoms with Crippen LogP contribution in [0.4, 0.5) is 17.6 Å². The van der Waals surface area contributed by atoms with Crippen LogP contribution in [0.3, 0.4) is 0 Å². The molecule has 4 rings (SSSR count). The number of allylic oxidation sites excluding steroid dienone is 1. The molecule has 0 N–H and O–H groups in total. The molecule has 3 aromatic carbocycles. The molecule has 3 aromatic rings. The van der Waals surface area contributed by atoms with Crippen LogP contribution in [0.15, 0.2) is 60.7 Å². The summed E-state index contributed by atoms with van der Waals surface area (Å²) in [6, 6.07) is 12.5. The summed E-state index contributed by atoms with van der Waals surface area (Å²) in [6.07, 6.45) is 4.24. The van der Waals surface area contributed by atoms with Gasteiger partial charge in [-0.05, 0) is 41.7 Å². The van der Waals surface area contributed by atoms with E-state index >= 15 is 0 Å². The SMILES string of the molecule is C/C=C/C1OCC(c2ccc(-c3ccc(-c4ccc(CCC)c(F)c4F)cc3)c(F)c2F)CO1. The minimum atomic E-state index is -0.970. The molecular weight excluding hydrogens is 444 g/mol. The van der Waals surface area contributed by atoms with E-state index in [4.69, 9.17) is 9.47 Å². The molecule has 1 aliphatic heterocycles.